The monoisotopic (exact) mass is 285 g/mol. The third kappa shape index (κ3) is 3.93. The third-order valence-electron chi connectivity index (χ3n) is 2.62. The maximum Gasteiger partial charge on any atom is 0.343 e. The van der Waals surface area contributed by atoms with E-state index in [1.165, 1.54) is 31.4 Å². The topological polar surface area (TPSA) is 81.7 Å². The Hall–Kier alpha value is -1.60. The number of hydrogen-bond donors (Lipinski definition) is 1. The molecule has 0 atom stereocenters. The van der Waals surface area contributed by atoms with Crippen LogP contribution in [-0.2, 0) is 19.6 Å². The molecule has 0 spiro atoms. The summed E-state index contributed by atoms with van der Waals surface area (Å²) in [7, 11) is -2.18. The summed E-state index contributed by atoms with van der Waals surface area (Å²) in [5.74, 6) is -0.0807. The molecule has 104 valence electrons. The zero-order valence-electron chi connectivity index (χ0n) is 10.5. The van der Waals surface area contributed by atoms with Gasteiger partial charge in [0.15, 0.2) is 6.61 Å². The number of sulfonamides is 1. The number of nitrogens with one attached hydrogen (secondary N) is 1. The summed E-state index contributed by atoms with van der Waals surface area (Å²) >= 11 is 0. The lowest BCUT2D eigenvalue weighted by Gasteiger charge is -2.07. The summed E-state index contributed by atoms with van der Waals surface area (Å²) < 4.78 is 35.9. The van der Waals surface area contributed by atoms with Crippen LogP contribution in [0.4, 0.5) is 0 Å². The van der Waals surface area contributed by atoms with Crippen LogP contribution in [0, 0.1) is 0 Å². The Balaban J connectivity index is 1.99. The van der Waals surface area contributed by atoms with E-state index in [4.69, 9.17) is 4.74 Å². The van der Waals surface area contributed by atoms with E-state index in [1.54, 1.807) is 0 Å². The standard InChI is InChI=1S/C12H15NO5S/c1-17-12(14)8-18-10-4-6-11(7-5-10)19(15,16)13-9-2-3-9/h4-7,9,13H,2-3,8H2,1H3. The zero-order valence-corrected chi connectivity index (χ0v) is 11.3. The fourth-order valence-electron chi connectivity index (χ4n) is 1.40. The first-order valence-electron chi connectivity index (χ1n) is 5.83. The molecule has 1 fully saturated rings. The second-order valence-corrected chi connectivity index (χ2v) is 5.95. The van der Waals surface area contributed by atoms with E-state index < -0.39 is 16.0 Å². The highest BCUT2D eigenvalue weighted by atomic mass is 32.2. The Kier molecular flexibility index (Phi) is 4.06. The molecule has 1 saturated carbocycles. The molecule has 1 aliphatic rings. The minimum Gasteiger partial charge on any atom is -0.482 e. The molecule has 1 aliphatic carbocycles. The molecule has 19 heavy (non-hydrogen) atoms. The predicted octanol–water partition coefficient (Wildman–Crippen LogP) is 0.679. The van der Waals surface area contributed by atoms with Crippen molar-refractivity contribution in [2.75, 3.05) is 13.7 Å². The smallest absolute Gasteiger partial charge is 0.343 e. The molecule has 7 heteroatoms. The summed E-state index contributed by atoms with van der Waals surface area (Å²) in [6.07, 6.45) is 1.78. The Morgan fingerprint density at radius 1 is 1.32 bits per heavy atom. The maximum atomic E-state index is 11.9. The number of carbonyl (C=O) groups is 1. The van der Waals surface area contributed by atoms with Crippen LogP contribution in [0.3, 0.4) is 0 Å². The largest absolute Gasteiger partial charge is 0.482 e. The minimum absolute atomic E-state index is 0.0697. The summed E-state index contributed by atoms with van der Waals surface area (Å²) in [5.41, 5.74) is 0. The Labute approximate surface area is 111 Å². The predicted molar refractivity (Wildman–Crippen MR) is 67.3 cm³/mol. The molecule has 0 heterocycles. The molecule has 0 radical (unpaired) electrons. The van der Waals surface area contributed by atoms with Gasteiger partial charge in [0, 0.05) is 6.04 Å². The normalized spacial score (nSPS) is 15.0. The molecule has 1 N–H and O–H groups in total. The van der Waals surface area contributed by atoms with Crippen LogP contribution in [0.25, 0.3) is 0 Å². The lowest BCUT2D eigenvalue weighted by molar-refractivity contribution is -0.142. The van der Waals surface area contributed by atoms with Crippen LogP contribution < -0.4 is 9.46 Å². The van der Waals surface area contributed by atoms with E-state index in [1.807, 2.05) is 0 Å². The molecule has 0 aromatic heterocycles. The van der Waals surface area contributed by atoms with E-state index in [9.17, 15) is 13.2 Å². The minimum atomic E-state index is -3.45. The van der Waals surface area contributed by atoms with Gasteiger partial charge in [0.05, 0.1) is 12.0 Å². The van der Waals surface area contributed by atoms with Gasteiger partial charge in [-0.1, -0.05) is 0 Å². The number of esters is 1. The highest BCUT2D eigenvalue weighted by Gasteiger charge is 2.27. The average molecular weight is 285 g/mol. The van der Waals surface area contributed by atoms with Gasteiger partial charge in [-0.2, -0.15) is 0 Å². The fraction of sp³-hybridized carbons (Fsp3) is 0.417. The van der Waals surface area contributed by atoms with Gasteiger partial charge >= 0.3 is 5.97 Å². The van der Waals surface area contributed by atoms with Gasteiger partial charge in [-0.25, -0.2) is 17.9 Å². The molecular formula is C12H15NO5S. The van der Waals surface area contributed by atoms with Gasteiger partial charge in [-0.15, -0.1) is 0 Å². The van der Waals surface area contributed by atoms with Crippen molar-refractivity contribution >= 4 is 16.0 Å². The van der Waals surface area contributed by atoms with Crippen LogP contribution in [0.2, 0.25) is 0 Å². The average Bonchev–Trinajstić information content (AvgIpc) is 3.19. The van der Waals surface area contributed by atoms with Crippen LogP contribution in [-0.4, -0.2) is 34.1 Å². The number of ether oxygens (including phenoxy) is 2. The highest BCUT2D eigenvalue weighted by Crippen LogP contribution is 2.23. The Bertz CT molecular complexity index is 548. The number of methoxy groups -OCH3 is 1. The molecule has 1 aromatic carbocycles. The molecule has 6 nitrogen and oxygen atoms in total. The van der Waals surface area contributed by atoms with Crippen LogP contribution in [0.15, 0.2) is 29.2 Å². The van der Waals surface area contributed by atoms with Crippen molar-refractivity contribution in [2.45, 2.75) is 23.8 Å². The summed E-state index contributed by atoms with van der Waals surface area (Å²) in [5, 5.41) is 0. The number of carbonyl (C=O) groups excluding carboxylic acids is 1. The number of hydrogen-bond acceptors (Lipinski definition) is 5. The van der Waals surface area contributed by atoms with E-state index in [-0.39, 0.29) is 17.5 Å². The second kappa shape index (κ2) is 5.58. The Morgan fingerprint density at radius 3 is 2.47 bits per heavy atom. The lowest BCUT2D eigenvalue weighted by atomic mass is 10.3. The SMILES string of the molecule is COC(=O)COc1ccc(S(=O)(=O)NC2CC2)cc1. The van der Waals surface area contributed by atoms with Crippen molar-refractivity contribution in [1.29, 1.82) is 0 Å². The third-order valence-corrected chi connectivity index (χ3v) is 4.15. The van der Waals surface area contributed by atoms with Crippen molar-refractivity contribution in [3.05, 3.63) is 24.3 Å². The van der Waals surface area contributed by atoms with E-state index in [0.717, 1.165) is 12.8 Å². The summed E-state index contributed by atoms with van der Waals surface area (Å²) in [6.45, 7) is -0.205. The van der Waals surface area contributed by atoms with Gasteiger partial charge in [-0.3, -0.25) is 0 Å². The molecule has 0 amide bonds. The van der Waals surface area contributed by atoms with Gasteiger partial charge in [0.25, 0.3) is 0 Å². The van der Waals surface area contributed by atoms with Crippen molar-refractivity contribution < 1.29 is 22.7 Å². The van der Waals surface area contributed by atoms with Gasteiger partial charge in [-0.05, 0) is 37.1 Å². The van der Waals surface area contributed by atoms with Crippen LogP contribution >= 0.6 is 0 Å². The first-order valence-corrected chi connectivity index (χ1v) is 7.31. The lowest BCUT2D eigenvalue weighted by Crippen LogP contribution is -2.25. The number of rotatable bonds is 6. The van der Waals surface area contributed by atoms with Crippen LogP contribution in [0.5, 0.6) is 5.75 Å². The summed E-state index contributed by atoms with van der Waals surface area (Å²) in [4.78, 5) is 11.1. The van der Waals surface area contributed by atoms with Gasteiger partial charge in [0.2, 0.25) is 10.0 Å². The van der Waals surface area contributed by atoms with Crippen LogP contribution in [0.1, 0.15) is 12.8 Å². The second-order valence-electron chi connectivity index (χ2n) is 4.23. The quantitative estimate of drug-likeness (QED) is 0.777. The zero-order chi connectivity index (χ0) is 13.9. The molecule has 0 bridgehead atoms. The molecular weight excluding hydrogens is 270 g/mol. The van der Waals surface area contributed by atoms with Gasteiger partial charge < -0.3 is 9.47 Å². The van der Waals surface area contributed by atoms with Crippen molar-refractivity contribution in [3.8, 4) is 5.75 Å². The molecule has 0 unspecified atom stereocenters. The van der Waals surface area contributed by atoms with Crippen molar-refractivity contribution in [3.63, 3.8) is 0 Å². The summed E-state index contributed by atoms with van der Waals surface area (Å²) in [6, 6.07) is 5.96. The fourth-order valence-corrected chi connectivity index (χ4v) is 2.71. The first kappa shape index (κ1) is 13.8. The molecule has 2 rings (SSSR count). The Morgan fingerprint density at radius 2 is 1.95 bits per heavy atom. The van der Waals surface area contributed by atoms with E-state index in [0.29, 0.717) is 5.75 Å². The van der Waals surface area contributed by atoms with E-state index >= 15 is 0 Å². The van der Waals surface area contributed by atoms with Gasteiger partial charge in [0.1, 0.15) is 5.75 Å². The molecule has 0 aliphatic heterocycles. The highest BCUT2D eigenvalue weighted by molar-refractivity contribution is 7.89. The number of benzene rings is 1. The maximum absolute atomic E-state index is 11.9. The van der Waals surface area contributed by atoms with E-state index in [2.05, 4.69) is 9.46 Å². The first-order chi connectivity index (χ1) is 9.01. The van der Waals surface area contributed by atoms with Crippen molar-refractivity contribution in [2.24, 2.45) is 0 Å². The molecule has 1 aromatic rings. The molecule has 0 saturated heterocycles. The van der Waals surface area contributed by atoms with Crippen molar-refractivity contribution in [1.82, 2.24) is 4.72 Å².